The Balaban J connectivity index is 3.01. The first-order valence-corrected chi connectivity index (χ1v) is 8.15. The van der Waals surface area contributed by atoms with Crippen LogP contribution in [0.15, 0.2) is 22.7 Å². The summed E-state index contributed by atoms with van der Waals surface area (Å²) in [5.41, 5.74) is -0.205. The zero-order valence-electron chi connectivity index (χ0n) is 12.7. The van der Waals surface area contributed by atoms with Crippen LogP contribution >= 0.6 is 15.9 Å². The quantitative estimate of drug-likeness (QED) is 0.629. The monoisotopic (exact) mass is 365 g/mol. The van der Waals surface area contributed by atoms with Crippen LogP contribution in [-0.4, -0.2) is 6.54 Å². The Morgan fingerprint density at radius 2 is 1.86 bits per heavy atom. The zero-order chi connectivity index (χ0) is 16.0. The molecular weight excluding hydrogens is 343 g/mol. The number of rotatable bonds is 7. The van der Waals surface area contributed by atoms with E-state index in [1.165, 1.54) is 6.07 Å². The van der Waals surface area contributed by atoms with Crippen LogP contribution in [0.25, 0.3) is 0 Å². The van der Waals surface area contributed by atoms with Crippen LogP contribution in [0, 0.1) is 5.92 Å². The highest BCUT2D eigenvalue weighted by atomic mass is 79.9. The summed E-state index contributed by atoms with van der Waals surface area (Å²) < 4.78 is 40.1. The van der Waals surface area contributed by atoms with Crippen LogP contribution in [0.5, 0.6) is 0 Å². The number of hydrogen-bond acceptors (Lipinski definition) is 1. The first-order chi connectivity index (χ1) is 9.75. The van der Waals surface area contributed by atoms with Gasteiger partial charge >= 0.3 is 6.18 Å². The van der Waals surface area contributed by atoms with Gasteiger partial charge in [-0.15, -0.1) is 0 Å². The third-order valence-electron chi connectivity index (χ3n) is 3.42. The lowest BCUT2D eigenvalue weighted by Crippen LogP contribution is -2.24. The lowest BCUT2D eigenvalue weighted by atomic mass is 9.94. The van der Waals surface area contributed by atoms with Gasteiger partial charge in [0.05, 0.1) is 5.56 Å². The maximum atomic E-state index is 13.2. The highest BCUT2D eigenvalue weighted by molar-refractivity contribution is 9.10. The van der Waals surface area contributed by atoms with Gasteiger partial charge in [0.25, 0.3) is 0 Å². The molecule has 21 heavy (non-hydrogen) atoms. The van der Waals surface area contributed by atoms with Crippen LogP contribution < -0.4 is 5.32 Å². The molecule has 1 unspecified atom stereocenters. The van der Waals surface area contributed by atoms with Crippen molar-refractivity contribution in [3.05, 3.63) is 33.8 Å². The summed E-state index contributed by atoms with van der Waals surface area (Å²) in [6.45, 7) is 6.83. The summed E-state index contributed by atoms with van der Waals surface area (Å²) >= 11 is 3.13. The second kappa shape index (κ2) is 8.18. The molecular formula is C16H23BrF3N. The summed E-state index contributed by atoms with van der Waals surface area (Å²) in [5.74, 6) is 0.569. The van der Waals surface area contributed by atoms with E-state index in [0.29, 0.717) is 22.5 Å². The summed E-state index contributed by atoms with van der Waals surface area (Å²) in [6, 6.07) is 4.17. The molecule has 0 heterocycles. The van der Waals surface area contributed by atoms with Gasteiger partial charge in [-0.05, 0) is 36.6 Å². The summed E-state index contributed by atoms with van der Waals surface area (Å²) in [6.07, 6.45) is -1.66. The first kappa shape index (κ1) is 18.5. The molecule has 0 aromatic heterocycles. The molecule has 120 valence electrons. The van der Waals surface area contributed by atoms with E-state index in [0.717, 1.165) is 19.3 Å². The average molecular weight is 366 g/mol. The molecule has 0 fully saturated rings. The van der Waals surface area contributed by atoms with E-state index in [1.807, 2.05) is 6.92 Å². The fourth-order valence-corrected chi connectivity index (χ4v) is 2.78. The molecule has 0 saturated heterocycles. The van der Waals surface area contributed by atoms with Crippen molar-refractivity contribution in [1.29, 1.82) is 0 Å². The van der Waals surface area contributed by atoms with Crippen molar-refractivity contribution in [3.63, 3.8) is 0 Å². The number of nitrogens with one attached hydrogen (secondary N) is 1. The minimum atomic E-state index is -4.33. The molecule has 1 nitrogen and oxygen atoms in total. The third kappa shape index (κ3) is 5.99. The molecule has 0 saturated carbocycles. The maximum absolute atomic E-state index is 13.2. The lowest BCUT2D eigenvalue weighted by Gasteiger charge is -2.23. The molecule has 0 amide bonds. The molecule has 0 aliphatic carbocycles. The Hall–Kier alpha value is -0.550. The van der Waals surface area contributed by atoms with Crippen molar-refractivity contribution in [2.45, 2.75) is 52.3 Å². The van der Waals surface area contributed by atoms with Gasteiger partial charge in [0.2, 0.25) is 0 Å². The highest BCUT2D eigenvalue weighted by Crippen LogP contribution is 2.37. The molecule has 1 rings (SSSR count). The summed E-state index contributed by atoms with van der Waals surface area (Å²) in [7, 11) is 0. The van der Waals surface area contributed by atoms with Crippen molar-refractivity contribution in [2.75, 3.05) is 6.54 Å². The van der Waals surface area contributed by atoms with E-state index >= 15 is 0 Å². The SMILES string of the molecule is CCNC(CCCC(C)C)c1ccc(Br)cc1C(F)(F)F. The molecule has 0 radical (unpaired) electrons. The van der Waals surface area contributed by atoms with Crippen LogP contribution in [0.2, 0.25) is 0 Å². The Morgan fingerprint density at radius 3 is 2.38 bits per heavy atom. The van der Waals surface area contributed by atoms with E-state index < -0.39 is 11.7 Å². The molecule has 0 aliphatic heterocycles. The standard InChI is InChI=1S/C16H23BrF3N/c1-4-21-15(7-5-6-11(2)3)13-9-8-12(17)10-14(13)16(18,19)20/h8-11,15,21H,4-7H2,1-3H3. The van der Waals surface area contributed by atoms with Crippen molar-refractivity contribution >= 4 is 15.9 Å². The number of hydrogen-bond donors (Lipinski definition) is 1. The van der Waals surface area contributed by atoms with E-state index in [2.05, 4.69) is 35.1 Å². The summed E-state index contributed by atoms with van der Waals surface area (Å²) in [5, 5.41) is 3.19. The Labute approximate surface area is 133 Å². The van der Waals surface area contributed by atoms with Gasteiger partial charge in [-0.25, -0.2) is 0 Å². The van der Waals surface area contributed by atoms with Crippen molar-refractivity contribution in [3.8, 4) is 0 Å². The van der Waals surface area contributed by atoms with Crippen molar-refractivity contribution < 1.29 is 13.2 Å². The van der Waals surface area contributed by atoms with Crippen molar-refractivity contribution in [1.82, 2.24) is 5.32 Å². The lowest BCUT2D eigenvalue weighted by molar-refractivity contribution is -0.138. The Kier molecular flexibility index (Phi) is 7.21. The van der Waals surface area contributed by atoms with E-state index in [1.54, 1.807) is 12.1 Å². The second-order valence-corrected chi connectivity index (χ2v) is 6.58. The highest BCUT2D eigenvalue weighted by Gasteiger charge is 2.35. The third-order valence-corrected chi connectivity index (χ3v) is 3.91. The van der Waals surface area contributed by atoms with Gasteiger partial charge in [0.1, 0.15) is 0 Å². The average Bonchev–Trinajstić information content (AvgIpc) is 2.36. The smallest absolute Gasteiger partial charge is 0.310 e. The summed E-state index contributed by atoms with van der Waals surface area (Å²) in [4.78, 5) is 0. The van der Waals surface area contributed by atoms with Gasteiger partial charge in [0, 0.05) is 10.5 Å². The predicted molar refractivity (Wildman–Crippen MR) is 84.3 cm³/mol. The molecule has 5 heteroatoms. The molecule has 0 spiro atoms. The molecule has 1 N–H and O–H groups in total. The molecule has 1 aromatic carbocycles. The fraction of sp³-hybridized carbons (Fsp3) is 0.625. The van der Waals surface area contributed by atoms with Gasteiger partial charge in [-0.2, -0.15) is 13.2 Å². The van der Waals surface area contributed by atoms with Gasteiger partial charge < -0.3 is 5.32 Å². The van der Waals surface area contributed by atoms with Crippen LogP contribution in [0.3, 0.4) is 0 Å². The normalized spacial score (nSPS) is 13.7. The van der Waals surface area contributed by atoms with Crippen molar-refractivity contribution in [2.24, 2.45) is 5.92 Å². The van der Waals surface area contributed by atoms with Crippen LogP contribution in [-0.2, 0) is 6.18 Å². The van der Waals surface area contributed by atoms with Gasteiger partial charge in [-0.3, -0.25) is 0 Å². The van der Waals surface area contributed by atoms with Gasteiger partial charge in [0.15, 0.2) is 0 Å². The van der Waals surface area contributed by atoms with E-state index in [-0.39, 0.29) is 6.04 Å². The maximum Gasteiger partial charge on any atom is 0.416 e. The first-order valence-electron chi connectivity index (χ1n) is 7.35. The van der Waals surface area contributed by atoms with E-state index in [4.69, 9.17) is 0 Å². The number of halogens is 4. The topological polar surface area (TPSA) is 12.0 Å². The minimum absolute atomic E-state index is 0.251. The Morgan fingerprint density at radius 1 is 1.19 bits per heavy atom. The molecule has 0 bridgehead atoms. The van der Waals surface area contributed by atoms with Crippen LogP contribution in [0.1, 0.15) is 57.2 Å². The minimum Gasteiger partial charge on any atom is -0.310 e. The molecule has 1 aromatic rings. The zero-order valence-corrected chi connectivity index (χ0v) is 14.3. The predicted octanol–water partition coefficient (Wildman–Crippen LogP) is 5.94. The Bertz CT molecular complexity index is 444. The second-order valence-electron chi connectivity index (χ2n) is 5.66. The van der Waals surface area contributed by atoms with Crippen LogP contribution in [0.4, 0.5) is 13.2 Å². The number of alkyl halides is 3. The van der Waals surface area contributed by atoms with Gasteiger partial charge in [-0.1, -0.05) is 55.6 Å². The van der Waals surface area contributed by atoms with E-state index in [9.17, 15) is 13.2 Å². The fourth-order valence-electron chi connectivity index (χ4n) is 2.42. The number of benzene rings is 1. The molecule has 1 atom stereocenters. The largest absolute Gasteiger partial charge is 0.416 e. The molecule has 0 aliphatic rings.